The van der Waals surface area contributed by atoms with Crippen LogP contribution in [-0.4, -0.2) is 64.7 Å². The first-order chi connectivity index (χ1) is 10.9. The van der Waals surface area contributed by atoms with E-state index in [2.05, 4.69) is 16.7 Å². The van der Waals surface area contributed by atoms with Gasteiger partial charge in [-0.25, -0.2) is 0 Å². The molecule has 5 heteroatoms. The van der Waals surface area contributed by atoms with Gasteiger partial charge >= 0.3 is 0 Å². The zero-order valence-electron chi connectivity index (χ0n) is 14.6. The molecule has 1 aliphatic heterocycles. The van der Waals surface area contributed by atoms with Crippen LogP contribution in [0, 0.1) is 5.92 Å². The molecular weight excluding hydrogens is 308 g/mol. The van der Waals surface area contributed by atoms with Crippen molar-refractivity contribution < 1.29 is 9.32 Å². The summed E-state index contributed by atoms with van der Waals surface area (Å²) < 4.78 is 11.4. The average molecular weight is 339 g/mol. The number of likely N-dealkylation sites (N-methyl/N-ethyl adjacent to an activating group) is 1. The molecule has 0 aliphatic carbocycles. The molecule has 0 aromatic heterocycles. The molecule has 1 fully saturated rings. The van der Waals surface area contributed by atoms with Crippen molar-refractivity contribution in [2.45, 2.75) is 37.3 Å². The molecule has 1 aromatic rings. The Morgan fingerprint density at radius 1 is 1.30 bits per heavy atom. The number of hydrogen-bond acceptors (Lipinski definition) is 4. The molecule has 2 rings (SSSR count). The third kappa shape index (κ3) is 6.34. The highest BCUT2D eigenvalue weighted by molar-refractivity contribution is 7.84. The SMILES string of the molecule is CC1CCN(CC(O)CN(C)Cc2ccc(S(C)=O)cc2)CC1. The van der Waals surface area contributed by atoms with Crippen molar-refractivity contribution >= 4 is 10.8 Å². The van der Waals surface area contributed by atoms with Crippen LogP contribution in [0.4, 0.5) is 0 Å². The summed E-state index contributed by atoms with van der Waals surface area (Å²) in [5.41, 5.74) is 1.18. The Morgan fingerprint density at radius 2 is 1.91 bits per heavy atom. The van der Waals surface area contributed by atoms with E-state index >= 15 is 0 Å². The second-order valence-corrected chi connectivity index (χ2v) is 8.31. The molecule has 0 radical (unpaired) electrons. The van der Waals surface area contributed by atoms with Crippen LogP contribution < -0.4 is 0 Å². The Hall–Kier alpha value is -0.750. The lowest BCUT2D eigenvalue weighted by atomic mass is 9.99. The molecular formula is C18H30N2O2S. The van der Waals surface area contributed by atoms with Gasteiger partial charge in [-0.05, 0) is 56.6 Å². The molecule has 2 atom stereocenters. The summed E-state index contributed by atoms with van der Waals surface area (Å²) in [6.45, 7) is 6.76. The molecule has 0 spiro atoms. The number of aliphatic hydroxyl groups excluding tert-OH is 1. The van der Waals surface area contributed by atoms with E-state index < -0.39 is 10.8 Å². The third-order valence-electron chi connectivity index (χ3n) is 4.58. The number of rotatable bonds is 7. The van der Waals surface area contributed by atoms with Crippen molar-refractivity contribution in [2.24, 2.45) is 5.92 Å². The van der Waals surface area contributed by atoms with E-state index in [-0.39, 0.29) is 6.10 Å². The molecule has 1 aliphatic rings. The van der Waals surface area contributed by atoms with Crippen molar-refractivity contribution in [1.82, 2.24) is 9.80 Å². The van der Waals surface area contributed by atoms with Crippen LogP contribution in [0.1, 0.15) is 25.3 Å². The highest BCUT2D eigenvalue weighted by atomic mass is 32.2. The van der Waals surface area contributed by atoms with Gasteiger partial charge in [-0.15, -0.1) is 0 Å². The first kappa shape index (κ1) is 18.6. The maximum atomic E-state index is 11.4. The fraction of sp³-hybridized carbons (Fsp3) is 0.667. The predicted octanol–water partition coefficient (Wildman–Crippen LogP) is 1.95. The van der Waals surface area contributed by atoms with Gasteiger partial charge in [0.05, 0.1) is 6.10 Å². The van der Waals surface area contributed by atoms with Crippen LogP contribution in [0.3, 0.4) is 0 Å². The Balaban J connectivity index is 1.75. The summed E-state index contributed by atoms with van der Waals surface area (Å²) in [4.78, 5) is 5.38. The highest BCUT2D eigenvalue weighted by Gasteiger charge is 2.19. The number of aliphatic hydroxyl groups is 1. The molecule has 130 valence electrons. The largest absolute Gasteiger partial charge is 0.390 e. The summed E-state index contributed by atoms with van der Waals surface area (Å²) in [6, 6.07) is 7.88. The zero-order valence-corrected chi connectivity index (χ0v) is 15.4. The molecule has 1 saturated heterocycles. The van der Waals surface area contributed by atoms with E-state index in [1.807, 2.05) is 31.3 Å². The van der Waals surface area contributed by atoms with Crippen LogP contribution in [0.15, 0.2) is 29.2 Å². The summed E-state index contributed by atoms with van der Waals surface area (Å²) in [5.74, 6) is 0.825. The monoisotopic (exact) mass is 338 g/mol. The number of nitrogens with zero attached hydrogens (tertiary/aromatic N) is 2. The summed E-state index contributed by atoms with van der Waals surface area (Å²) >= 11 is 0. The minimum absolute atomic E-state index is 0.309. The maximum Gasteiger partial charge on any atom is 0.0793 e. The minimum atomic E-state index is -0.925. The zero-order chi connectivity index (χ0) is 16.8. The molecule has 23 heavy (non-hydrogen) atoms. The van der Waals surface area contributed by atoms with E-state index in [9.17, 15) is 9.32 Å². The lowest BCUT2D eigenvalue weighted by Crippen LogP contribution is -2.42. The standard InChI is InChI=1S/C18H30N2O2S/c1-15-8-10-20(11-9-15)14-17(21)13-19(2)12-16-4-6-18(7-5-16)23(3)22/h4-7,15,17,21H,8-14H2,1-3H3. The van der Waals surface area contributed by atoms with Crippen molar-refractivity contribution in [3.63, 3.8) is 0 Å². The summed E-state index contributed by atoms with van der Waals surface area (Å²) in [6.07, 6.45) is 3.87. The van der Waals surface area contributed by atoms with Gasteiger partial charge in [-0.3, -0.25) is 9.11 Å². The highest BCUT2D eigenvalue weighted by Crippen LogP contribution is 2.16. The minimum Gasteiger partial charge on any atom is -0.390 e. The van der Waals surface area contributed by atoms with Crippen molar-refractivity contribution in [3.05, 3.63) is 29.8 Å². The van der Waals surface area contributed by atoms with Gasteiger partial charge in [0.15, 0.2) is 0 Å². The van der Waals surface area contributed by atoms with E-state index in [0.29, 0.717) is 6.54 Å². The Bertz CT molecular complexity index is 498. The Labute approximate surface area is 142 Å². The van der Waals surface area contributed by atoms with Crippen LogP contribution in [0.5, 0.6) is 0 Å². The van der Waals surface area contributed by atoms with E-state index in [1.54, 1.807) is 6.26 Å². The molecule has 2 unspecified atom stereocenters. The van der Waals surface area contributed by atoms with Gasteiger partial charge < -0.3 is 10.0 Å². The van der Waals surface area contributed by atoms with E-state index in [0.717, 1.165) is 37.0 Å². The third-order valence-corrected chi connectivity index (χ3v) is 5.51. The second-order valence-electron chi connectivity index (χ2n) is 6.93. The normalized spacial score (nSPS) is 19.9. The molecule has 0 amide bonds. The number of β-amino-alcohol motifs (C(OH)–C–C–N with tert-alkyl or cyclic N) is 1. The molecule has 0 saturated carbocycles. The number of hydrogen-bond donors (Lipinski definition) is 1. The lowest BCUT2D eigenvalue weighted by Gasteiger charge is -2.32. The van der Waals surface area contributed by atoms with Crippen LogP contribution in [0.2, 0.25) is 0 Å². The smallest absolute Gasteiger partial charge is 0.0793 e. The quantitative estimate of drug-likeness (QED) is 0.825. The number of likely N-dealkylation sites (tertiary alicyclic amines) is 1. The Morgan fingerprint density at radius 3 is 2.48 bits per heavy atom. The van der Waals surface area contributed by atoms with Gasteiger partial charge in [0, 0.05) is 41.6 Å². The van der Waals surface area contributed by atoms with Gasteiger partial charge in [-0.1, -0.05) is 19.1 Å². The van der Waals surface area contributed by atoms with Crippen molar-refractivity contribution in [3.8, 4) is 0 Å². The molecule has 1 heterocycles. The van der Waals surface area contributed by atoms with E-state index in [1.165, 1.54) is 18.4 Å². The summed E-state index contributed by atoms with van der Waals surface area (Å²) in [7, 11) is 1.11. The van der Waals surface area contributed by atoms with E-state index in [4.69, 9.17) is 0 Å². The fourth-order valence-corrected chi connectivity index (χ4v) is 3.64. The van der Waals surface area contributed by atoms with Gasteiger partial charge in [0.1, 0.15) is 0 Å². The van der Waals surface area contributed by atoms with Gasteiger partial charge in [0.25, 0.3) is 0 Å². The number of benzene rings is 1. The fourth-order valence-electron chi connectivity index (χ4n) is 3.12. The number of piperidine rings is 1. The first-order valence-corrected chi connectivity index (χ1v) is 10.0. The van der Waals surface area contributed by atoms with Crippen LogP contribution >= 0.6 is 0 Å². The molecule has 1 N–H and O–H groups in total. The predicted molar refractivity (Wildman–Crippen MR) is 96.0 cm³/mol. The van der Waals surface area contributed by atoms with Crippen molar-refractivity contribution in [1.29, 1.82) is 0 Å². The molecule has 1 aromatic carbocycles. The first-order valence-electron chi connectivity index (χ1n) is 8.45. The molecule has 4 nitrogen and oxygen atoms in total. The molecule has 0 bridgehead atoms. The van der Waals surface area contributed by atoms with Gasteiger partial charge in [-0.2, -0.15) is 0 Å². The van der Waals surface area contributed by atoms with Crippen LogP contribution in [0.25, 0.3) is 0 Å². The summed E-state index contributed by atoms with van der Waals surface area (Å²) in [5, 5.41) is 10.3. The second kappa shape index (κ2) is 8.92. The maximum absolute atomic E-state index is 11.4. The van der Waals surface area contributed by atoms with Gasteiger partial charge in [0.2, 0.25) is 0 Å². The topological polar surface area (TPSA) is 43.8 Å². The average Bonchev–Trinajstić information content (AvgIpc) is 2.50. The lowest BCUT2D eigenvalue weighted by molar-refractivity contribution is 0.0662. The Kier molecular flexibility index (Phi) is 7.21. The van der Waals surface area contributed by atoms with Crippen LogP contribution in [-0.2, 0) is 17.3 Å². The van der Waals surface area contributed by atoms with Crippen molar-refractivity contribution in [2.75, 3.05) is 39.5 Å².